The van der Waals surface area contributed by atoms with Gasteiger partial charge in [-0.15, -0.1) is 11.3 Å². The van der Waals surface area contributed by atoms with Crippen LogP contribution in [0.15, 0.2) is 60.0 Å². The predicted octanol–water partition coefficient (Wildman–Crippen LogP) is 4.87. The van der Waals surface area contributed by atoms with Crippen molar-refractivity contribution in [2.45, 2.75) is 38.6 Å². The summed E-state index contributed by atoms with van der Waals surface area (Å²) < 4.78 is 5.74. The van der Waals surface area contributed by atoms with Crippen LogP contribution in [0.1, 0.15) is 47.4 Å². The minimum absolute atomic E-state index is 0.0305. The SMILES string of the molecule is CCCc1ccc([C@@H](NC(=O)COc2ccc3c(c2)CCC(=O)N3)c2cccs2)cc1. The van der Waals surface area contributed by atoms with Gasteiger partial charge in [-0.3, -0.25) is 9.59 Å². The molecular formula is C25H26N2O3S. The molecule has 1 aromatic heterocycles. The van der Waals surface area contributed by atoms with E-state index >= 15 is 0 Å². The number of hydrogen-bond donors (Lipinski definition) is 2. The number of fused-ring (bicyclic) bond motifs is 1. The van der Waals surface area contributed by atoms with E-state index in [1.165, 1.54) is 5.56 Å². The zero-order valence-electron chi connectivity index (χ0n) is 17.5. The van der Waals surface area contributed by atoms with Gasteiger partial charge < -0.3 is 15.4 Å². The lowest BCUT2D eigenvalue weighted by atomic mass is 10.0. The maximum Gasteiger partial charge on any atom is 0.258 e. The van der Waals surface area contributed by atoms with E-state index in [0.717, 1.165) is 34.5 Å². The number of anilines is 1. The van der Waals surface area contributed by atoms with E-state index in [4.69, 9.17) is 4.74 Å². The van der Waals surface area contributed by atoms with E-state index in [1.54, 1.807) is 17.4 Å². The minimum atomic E-state index is -0.203. The highest BCUT2D eigenvalue weighted by Gasteiger charge is 2.19. The van der Waals surface area contributed by atoms with Crippen molar-refractivity contribution < 1.29 is 14.3 Å². The number of carbonyl (C=O) groups is 2. The highest BCUT2D eigenvalue weighted by Crippen LogP contribution is 2.28. The van der Waals surface area contributed by atoms with Gasteiger partial charge in [0.25, 0.3) is 5.91 Å². The van der Waals surface area contributed by atoms with Gasteiger partial charge in [0.15, 0.2) is 6.61 Å². The molecular weight excluding hydrogens is 408 g/mol. The van der Waals surface area contributed by atoms with Crippen LogP contribution in [-0.4, -0.2) is 18.4 Å². The van der Waals surface area contributed by atoms with Crippen molar-refractivity contribution in [1.29, 1.82) is 0 Å². The maximum absolute atomic E-state index is 12.7. The molecule has 3 aromatic rings. The molecule has 31 heavy (non-hydrogen) atoms. The lowest BCUT2D eigenvalue weighted by molar-refractivity contribution is -0.123. The van der Waals surface area contributed by atoms with Crippen molar-refractivity contribution in [1.82, 2.24) is 5.32 Å². The van der Waals surface area contributed by atoms with Gasteiger partial charge in [-0.2, -0.15) is 0 Å². The monoisotopic (exact) mass is 434 g/mol. The summed E-state index contributed by atoms with van der Waals surface area (Å²) in [5.41, 5.74) is 4.20. The molecule has 1 aliphatic heterocycles. The van der Waals surface area contributed by atoms with Crippen molar-refractivity contribution in [2.24, 2.45) is 0 Å². The first-order valence-corrected chi connectivity index (χ1v) is 11.5. The second-order valence-electron chi connectivity index (χ2n) is 7.66. The second kappa shape index (κ2) is 9.79. The standard InChI is InChI=1S/C25H26N2O3S/c1-2-4-17-6-8-18(9-7-17)25(22-5-3-14-31-22)27-24(29)16-30-20-11-12-21-19(15-20)10-13-23(28)26-21/h3,5-9,11-12,14-15,25H,2,4,10,13,16H2,1H3,(H,26,28)(H,27,29)/t25-/m1/s1. The van der Waals surface area contributed by atoms with Crippen molar-refractivity contribution in [3.8, 4) is 5.75 Å². The number of hydrogen-bond acceptors (Lipinski definition) is 4. The molecule has 0 saturated heterocycles. The fourth-order valence-corrected chi connectivity index (χ4v) is 4.54. The van der Waals surface area contributed by atoms with Crippen molar-refractivity contribution in [3.63, 3.8) is 0 Å². The third-order valence-corrected chi connectivity index (χ3v) is 6.26. The largest absolute Gasteiger partial charge is 0.484 e. The van der Waals surface area contributed by atoms with Crippen LogP contribution in [-0.2, 0) is 22.4 Å². The van der Waals surface area contributed by atoms with Gasteiger partial charge in [-0.25, -0.2) is 0 Å². The molecule has 2 heterocycles. The third-order valence-electron chi connectivity index (χ3n) is 5.33. The average Bonchev–Trinajstić information content (AvgIpc) is 3.31. The molecule has 0 bridgehead atoms. The normalized spacial score (nSPS) is 13.8. The van der Waals surface area contributed by atoms with Gasteiger partial charge in [0, 0.05) is 17.0 Å². The number of thiophene rings is 1. The van der Waals surface area contributed by atoms with E-state index < -0.39 is 0 Å². The van der Waals surface area contributed by atoms with Gasteiger partial charge >= 0.3 is 0 Å². The highest BCUT2D eigenvalue weighted by molar-refractivity contribution is 7.10. The van der Waals surface area contributed by atoms with Gasteiger partial charge in [0.1, 0.15) is 5.75 Å². The minimum Gasteiger partial charge on any atom is -0.484 e. The number of ether oxygens (including phenoxy) is 1. The first-order chi connectivity index (χ1) is 15.1. The Hall–Kier alpha value is -3.12. The van der Waals surface area contributed by atoms with Crippen molar-refractivity contribution in [3.05, 3.63) is 81.5 Å². The molecule has 5 nitrogen and oxygen atoms in total. The Balaban J connectivity index is 1.41. The summed E-state index contributed by atoms with van der Waals surface area (Å²) in [5.74, 6) is 0.478. The Morgan fingerprint density at radius 1 is 1.16 bits per heavy atom. The number of benzene rings is 2. The lowest BCUT2D eigenvalue weighted by Gasteiger charge is -2.20. The molecule has 0 radical (unpaired) electrons. The molecule has 4 rings (SSSR count). The fraction of sp³-hybridized carbons (Fsp3) is 0.280. The zero-order valence-corrected chi connectivity index (χ0v) is 18.3. The number of rotatable bonds is 8. The Bertz CT molecular complexity index is 1050. The number of amides is 2. The van der Waals surface area contributed by atoms with Gasteiger partial charge in [0.2, 0.25) is 5.91 Å². The summed E-state index contributed by atoms with van der Waals surface area (Å²) >= 11 is 1.62. The van der Waals surface area contributed by atoms with Crippen LogP contribution >= 0.6 is 11.3 Å². The summed E-state index contributed by atoms with van der Waals surface area (Å²) in [5, 5.41) is 7.98. The number of carbonyl (C=O) groups excluding carboxylic acids is 2. The van der Waals surface area contributed by atoms with Crippen molar-refractivity contribution in [2.75, 3.05) is 11.9 Å². The molecule has 0 aliphatic carbocycles. The molecule has 160 valence electrons. The molecule has 0 spiro atoms. The van der Waals surface area contributed by atoms with E-state index in [1.807, 2.05) is 29.6 Å². The summed E-state index contributed by atoms with van der Waals surface area (Å²) in [7, 11) is 0. The van der Waals surface area contributed by atoms with Crippen LogP contribution in [0.3, 0.4) is 0 Å². The zero-order chi connectivity index (χ0) is 21.6. The summed E-state index contributed by atoms with van der Waals surface area (Å²) in [6, 6.07) is 17.8. The van der Waals surface area contributed by atoms with Gasteiger partial charge in [0.05, 0.1) is 6.04 Å². The quantitative estimate of drug-likeness (QED) is 0.532. The second-order valence-corrected chi connectivity index (χ2v) is 8.64. The van der Waals surface area contributed by atoms with E-state index in [2.05, 4.69) is 41.8 Å². The van der Waals surface area contributed by atoms with E-state index in [-0.39, 0.29) is 24.5 Å². The molecule has 1 aliphatic rings. The smallest absolute Gasteiger partial charge is 0.258 e. The molecule has 0 saturated carbocycles. The first-order valence-electron chi connectivity index (χ1n) is 10.6. The maximum atomic E-state index is 12.7. The Morgan fingerprint density at radius 3 is 2.74 bits per heavy atom. The van der Waals surface area contributed by atoms with E-state index in [0.29, 0.717) is 18.6 Å². The van der Waals surface area contributed by atoms with Crippen LogP contribution < -0.4 is 15.4 Å². The fourth-order valence-electron chi connectivity index (χ4n) is 3.74. The van der Waals surface area contributed by atoms with E-state index in [9.17, 15) is 9.59 Å². The first kappa shape index (κ1) is 21.1. The molecule has 2 amide bonds. The molecule has 1 atom stereocenters. The van der Waals surface area contributed by atoms with Crippen molar-refractivity contribution >= 4 is 28.8 Å². The predicted molar refractivity (Wildman–Crippen MR) is 124 cm³/mol. The molecule has 0 unspecified atom stereocenters. The van der Waals surface area contributed by atoms with Gasteiger partial charge in [-0.05, 0) is 59.2 Å². The average molecular weight is 435 g/mol. The van der Waals surface area contributed by atoms with Crippen LogP contribution in [0.4, 0.5) is 5.69 Å². The van der Waals surface area contributed by atoms with Crippen LogP contribution in [0, 0.1) is 0 Å². The number of nitrogens with one attached hydrogen (secondary N) is 2. The lowest BCUT2D eigenvalue weighted by Crippen LogP contribution is -2.33. The summed E-state index contributed by atoms with van der Waals surface area (Å²) in [6.45, 7) is 2.10. The summed E-state index contributed by atoms with van der Waals surface area (Å²) in [4.78, 5) is 25.3. The molecule has 2 N–H and O–H groups in total. The molecule has 0 fully saturated rings. The van der Waals surface area contributed by atoms with Crippen LogP contribution in [0.2, 0.25) is 0 Å². The van der Waals surface area contributed by atoms with Crippen LogP contribution in [0.25, 0.3) is 0 Å². The Morgan fingerprint density at radius 2 is 2.00 bits per heavy atom. The molecule has 6 heteroatoms. The van der Waals surface area contributed by atoms with Gasteiger partial charge in [-0.1, -0.05) is 43.7 Å². The number of aryl methyl sites for hydroxylation is 2. The van der Waals surface area contributed by atoms with Crippen LogP contribution in [0.5, 0.6) is 5.75 Å². The topological polar surface area (TPSA) is 67.4 Å². The third kappa shape index (κ3) is 5.33. The highest BCUT2D eigenvalue weighted by atomic mass is 32.1. The summed E-state index contributed by atoms with van der Waals surface area (Å²) in [6.07, 6.45) is 3.31. The Kier molecular flexibility index (Phi) is 6.67. The molecule has 2 aromatic carbocycles. The Labute approximate surface area is 186 Å².